The fourth-order valence-corrected chi connectivity index (χ4v) is 3.94. The van der Waals surface area contributed by atoms with Gasteiger partial charge in [-0.15, -0.1) is 0 Å². The first-order chi connectivity index (χ1) is 11.8. The van der Waals surface area contributed by atoms with E-state index in [2.05, 4.69) is 10.3 Å². The summed E-state index contributed by atoms with van der Waals surface area (Å²) in [6.07, 6.45) is 6.96. The molecule has 2 bridgehead atoms. The first-order valence-electron chi connectivity index (χ1n) is 8.31. The molecule has 0 aliphatic heterocycles. The summed E-state index contributed by atoms with van der Waals surface area (Å²) in [5.74, 6) is 0.999. The van der Waals surface area contributed by atoms with Crippen molar-refractivity contribution in [1.29, 1.82) is 0 Å². The second-order valence-electron chi connectivity index (χ2n) is 6.60. The minimum absolute atomic E-state index is 0.159. The number of pyridine rings is 1. The average molecular weight is 316 g/mol. The van der Waals surface area contributed by atoms with Crippen LogP contribution in [0.1, 0.15) is 52.8 Å². The van der Waals surface area contributed by atoms with E-state index < -0.39 is 0 Å². The highest BCUT2D eigenvalue weighted by Crippen LogP contribution is 2.51. The summed E-state index contributed by atoms with van der Waals surface area (Å²) in [6, 6.07) is 9.14. The molecule has 5 rings (SSSR count). The van der Waals surface area contributed by atoms with Crippen molar-refractivity contribution in [2.45, 2.75) is 31.1 Å². The van der Waals surface area contributed by atoms with Gasteiger partial charge in [-0.05, 0) is 49.6 Å². The van der Waals surface area contributed by atoms with Gasteiger partial charge in [-0.3, -0.25) is 9.78 Å². The smallest absolute Gasteiger partial charge is 0.255 e. The topological polar surface area (TPSA) is 67.8 Å². The van der Waals surface area contributed by atoms with E-state index in [1.807, 2.05) is 24.3 Å². The zero-order chi connectivity index (χ0) is 16.1. The predicted octanol–water partition coefficient (Wildman–Crippen LogP) is 3.64. The number of anilines is 1. The number of carbonyl (C=O) groups is 1. The van der Waals surface area contributed by atoms with E-state index in [1.54, 1.807) is 18.5 Å². The molecule has 1 amide bonds. The van der Waals surface area contributed by atoms with Crippen molar-refractivity contribution in [1.82, 2.24) is 15.0 Å². The van der Waals surface area contributed by atoms with Crippen molar-refractivity contribution in [3.05, 3.63) is 59.7 Å². The maximum Gasteiger partial charge on any atom is 0.255 e. The number of fused-ring (bicyclic) bond motifs is 6. The van der Waals surface area contributed by atoms with Crippen LogP contribution in [0.25, 0.3) is 11.0 Å². The summed E-state index contributed by atoms with van der Waals surface area (Å²) in [6.45, 7) is 0. The largest absolute Gasteiger partial charge is 0.321 e. The Balaban J connectivity index is 1.51. The van der Waals surface area contributed by atoms with Crippen molar-refractivity contribution < 1.29 is 4.79 Å². The molecule has 24 heavy (non-hydrogen) atoms. The molecule has 1 N–H and O–H groups in total. The predicted molar refractivity (Wildman–Crippen MR) is 91.1 cm³/mol. The van der Waals surface area contributed by atoms with Gasteiger partial charge in [-0.1, -0.05) is 0 Å². The third-order valence-electron chi connectivity index (χ3n) is 5.11. The van der Waals surface area contributed by atoms with Gasteiger partial charge in [0.2, 0.25) is 0 Å². The Labute approximate surface area is 139 Å². The van der Waals surface area contributed by atoms with Crippen LogP contribution in [0.3, 0.4) is 0 Å². The van der Waals surface area contributed by atoms with Gasteiger partial charge in [-0.2, -0.15) is 0 Å². The average Bonchev–Trinajstić information content (AvgIpc) is 3.22. The lowest BCUT2D eigenvalue weighted by atomic mass is 10.00. The molecular weight excluding hydrogens is 300 g/mol. The van der Waals surface area contributed by atoms with Gasteiger partial charge in [0.05, 0.1) is 34.3 Å². The number of hydrogen-bond acceptors (Lipinski definition) is 4. The number of hydrogen-bond donors (Lipinski definition) is 1. The molecule has 2 unspecified atom stereocenters. The molecule has 2 aliphatic rings. The third-order valence-corrected chi connectivity index (χ3v) is 5.11. The van der Waals surface area contributed by atoms with E-state index in [1.165, 1.54) is 25.0 Å². The minimum atomic E-state index is -0.159. The maximum atomic E-state index is 12.4. The Morgan fingerprint density at radius 2 is 1.83 bits per heavy atom. The number of aromatic nitrogens is 3. The van der Waals surface area contributed by atoms with Gasteiger partial charge in [0.1, 0.15) is 0 Å². The van der Waals surface area contributed by atoms with E-state index in [0.717, 1.165) is 16.7 Å². The van der Waals surface area contributed by atoms with Crippen molar-refractivity contribution in [2.75, 3.05) is 5.32 Å². The summed E-state index contributed by atoms with van der Waals surface area (Å²) in [7, 11) is 0. The van der Waals surface area contributed by atoms with Gasteiger partial charge in [0.25, 0.3) is 5.91 Å². The van der Waals surface area contributed by atoms with Crippen LogP contribution in [-0.2, 0) is 0 Å². The first kappa shape index (κ1) is 13.6. The van der Waals surface area contributed by atoms with Gasteiger partial charge in [-0.25, -0.2) is 9.97 Å². The van der Waals surface area contributed by atoms with Crippen LogP contribution in [0.5, 0.6) is 0 Å². The van der Waals surface area contributed by atoms with E-state index in [0.29, 0.717) is 23.1 Å². The fourth-order valence-electron chi connectivity index (χ4n) is 3.94. The number of benzene rings is 1. The van der Waals surface area contributed by atoms with E-state index >= 15 is 0 Å². The number of nitrogens with zero attached hydrogens (tertiary/aromatic N) is 3. The standard InChI is InChI=1S/C19H16N4O/c24-19(21-14-2-1-7-20-10-14)13-5-6-15-16(9-13)23-18-12-4-3-11(8-12)17(18)22-15/h1-2,5-7,9-12H,3-4,8H2,(H,21,24). The van der Waals surface area contributed by atoms with E-state index in [9.17, 15) is 4.79 Å². The normalized spacial score (nSPS) is 21.0. The van der Waals surface area contributed by atoms with Gasteiger partial charge < -0.3 is 5.32 Å². The molecule has 2 aromatic heterocycles. The molecule has 1 saturated carbocycles. The number of rotatable bonds is 2. The van der Waals surface area contributed by atoms with Crippen LogP contribution in [0.15, 0.2) is 42.7 Å². The highest BCUT2D eigenvalue weighted by atomic mass is 16.1. The number of carbonyl (C=O) groups excluding carboxylic acids is 1. The lowest BCUT2D eigenvalue weighted by Crippen LogP contribution is -2.12. The minimum Gasteiger partial charge on any atom is -0.321 e. The number of amides is 1. The Kier molecular flexibility index (Phi) is 2.89. The van der Waals surface area contributed by atoms with E-state index in [-0.39, 0.29) is 5.91 Å². The Morgan fingerprint density at radius 3 is 2.58 bits per heavy atom. The molecule has 0 saturated heterocycles. The summed E-state index contributed by atoms with van der Waals surface area (Å²) < 4.78 is 0. The summed E-state index contributed by atoms with van der Waals surface area (Å²) in [5.41, 5.74) is 5.29. The molecule has 0 radical (unpaired) electrons. The summed E-state index contributed by atoms with van der Waals surface area (Å²) >= 11 is 0. The first-order valence-corrected chi connectivity index (χ1v) is 8.31. The SMILES string of the molecule is O=C(Nc1cccnc1)c1ccc2nc3c(nc2c1)C1CCC3C1. The molecule has 2 aliphatic carbocycles. The molecule has 3 aromatic rings. The molecule has 2 atom stereocenters. The lowest BCUT2D eigenvalue weighted by molar-refractivity contribution is 0.102. The van der Waals surface area contributed by atoms with Crippen LogP contribution >= 0.6 is 0 Å². The molecule has 5 heteroatoms. The maximum absolute atomic E-state index is 12.4. The lowest BCUT2D eigenvalue weighted by Gasteiger charge is -2.14. The zero-order valence-electron chi connectivity index (χ0n) is 13.1. The zero-order valence-corrected chi connectivity index (χ0v) is 13.1. The van der Waals surface area contributed by atoms with E-state index in [4.69, 9.17) is 9.97 Å². The molecule has 0 spiro atoms. The number of nitrogens with one attached hydrogen (secondary N) is 1. The van der Waals surface area contributed by atoms with Crippen LogP contribution < -0.4 is 5.32 Å². The Morgan fingerprint density at radius 1 is 1.04 bits per heavy atom. The van der Waals surface area contributed by atoms with Gasteiger partial charge in [0, 0.05) is 23.6 Å². The molecule has 1 aromatic carbocycles. The van der Waals surface area contributed by atoms with Crippen LogP contribution in [0.2, 0.25) is 0 Å². The molecule has 5 nitrogen and oxygen atoms in total. The third kappa shape index (κ3) is 2.08. The van der Waals surface area contributed by atoms with Crippen molar-refractivity contribution in [3.63, 3.8) is 0 Å². The monoisotopic (exact) mass is 316 g/mol. The van der Waals surface area contributed by atoms with Gasteiger partial charge >= 0.3 is 0 Å². The molecule has 1 fully saturated rings. The Hall–Kier alpha value is -2.82. The van der Waals surface area contributed by atoms with Crippen molar-refractivity contribution in [3.8, 4) is 0 Å². The fraction of sp³-hybridized carbons (Fsp3) is 0.263. The van der Waals surface area contributed by atoms with Crippen LogP contribution in [0.4, 0.5) is 5.69 Å². The van der Waals surface area contributed by atoms with Crippen LogP contribution in [-0.4, -0.2) is 20.9 Å². The summed E-state index contributed by atoms with van der Waals surface area (Å²) in [4.78, 5) is 26.1. The summed E-state index contributed by atoms with van der Waals surface area (Å²) in [5, 5.41) is 2.85. The quantitative estimate of drug-likeness (QED) is 0.783. The second-order valence-corrected chi connectivity index (χ2v) is 6.60. The van der Waals surface area contributed by atoms with Crippen molar-refractivity contribution in [2.24, 2.45) is 0 Å². The van der Waals surface area contributed by atoms with Gasteiger partial charge in [0.15, 0.2) is 0 Å². The van der Waals surface area contributed by atoms with Crippen molar-refractivity contribution >= 4 is 22.6 Å². The highest BCUT2D eigenvalue weighted by Gasteiger charge is 2.39. The Bertz CT molecular complexity index is 954. The molecule has 2 heterocycles. The second kappa shape index (κ2) is 5.09. The highest BCUT2D eigenvalue weighted by molar-refractivity contribution is 6.05. The molecular formula is C19H16N4O. The van der Waals surface area contributed by atoms with Crippen LogP contribution in [0, 0.1) is 0 Å². The molecule has 118 valence electrons.